The smallest absolute Gasteiger partial charge is 0.318 e. The number of hydrogen-bond donors (Lipinski definition) is 0. The molecular weight excluding hydrogens is 219 g/mol. The van der Waals surface area contributed by atoms with Crippen LogP contribution in [-0.2, 0) is 13.2 Å². The second-order valence-corrected chi connectivity index (χ2v) is 3.62. The first-order valence-corrected chi connectivity index (χ1v) is 4.67. The van der Waals surface area contributed by atoms with Gasteiger partial charge in [0.25, 0.3) is 5.56 Å². The maximum Gasteiger partial charge on any atom is 0.417 e. The van der Waals surface area contributed by atoms with Crippen molar-refractivity contribution in [2.45, 2.75) is 19.0 Å². The van der Waals surface area contributed by atoms with E-state index in [1.54, 1.807) is 6.92 Å². The molecule has 0 amide bonds. The number of nitrogens with zero attached hydrogens (tertiary/aromatic N) is 1. The molecule has 1 aromatic rings. The van der Waals surface area contributed by atoms with Gasteiger partial charge in [0.05, 0.1) is 5.56 Å². The van der Waals surface area contributed by atoms with Crippen molar-refractivity contribution in [2.24, 2.45) is 7.05 Å². The van der Waals surface area contributed by atoms with Gasteiger partial charge in [0.1, 0.15) is 0 Å². The fourth-order valence-corrected chi connectivity index (χ4v) is 1.35. The zero-order chi connectivity index (χ0) is 12.5. The van der Waals surface area contributed by atoms with E-state index in [2.05, 4.69) is 6.58 Å². The second kappa shape index (κ2) is 4.15. The number of hydrogen-bond acceptors (Lipinski definition) is 1. The lowest BCUT2D eigenvalue weighted by atomic mass is 10.0. The summed E-state index contributed by atoms with van der Waals surface area (Å²) in [6, 6.07) is 0.884. The predicted octanol–water partition coefficient (Wildman–Crippen LogP) is 2.69. The number of allylic oxidation sites excluding steroid dienone is 1. The third-order valence-electron chi connectivity index (χ3n) is 2.38. The van der Waals surface area contributed by atoms with Crippen LogP contribution in [0.4, 0.5) is 13.2 Å². The van der Waals surface area contributed by atoms with E-state index in [0.29, 0.717) is 0 Å². The highest BCUT2D eigenvalue weighted by atomic mass is 19.4. The largest absolute Gasteiger partial charge is 0.417 e. The summed E-state index contributed by atoms with van der Waals surface area (Å²) in [5.74, 6) is -0.402. The van der Waals surface area contributed by atoms with Gasteiger partial charge in [0.15, 0.2) is 0 Å². The van der Waals surface area contributed by atoms with E-state index in [1.165, 1.54) is 13.1 Å². The Hall–Kier alpha value is -1.52. The topological polar surface area (TPSA) is 22.0 Å². The maximum atomic E-state index is 12.5. The monoisotopic (exact) mass is 231 g/mol. The van der Waals surface area contributed by atoms with Crippen LogP contribution in [0.3, 0.4) is 0 Å². The molecule has 0 N–H and O–H groups in total. The fraction of sp³-hybridized carbons (Fsp3) is 0.364. The zero-order valence-corrected chi connectivity index (χ0v) is 9.01. The third kappa shape index (κ3) is 2.35. The summed E-state index contributed by atoms with van der Waals surface area (Å²) in [6.07, 6.45) is -2.21. The lowest BCUT2D eigenvalue weighted by molar-refractivity contribution is -0.138. The van der Waals surface area contributed by atoms with Crippen LogP contribution in [0.15, 0.2) is 29.7 Å². The Bertz CT molecular complexity index is 459. The molecule has 0 spiro atoms. The Labute approximate surface area is 91.0 Å². The van der Waals surface area contributed by atoms with E-state index in [1.807, 2.05) is 0 Å². The standard InChI is InChI=1S/C11H12F3NO/c1-4-7(2)9-5-8(11(12,13)14)6-15(3)10(9)16/h4-7H,1H2,2-3H3. The highest BCUT2D eigenvalue weighted by molar-refractivity contribution is 5.26. The molecule has 88 valence electrons. The maximum absolute atomic E-state index is 12.5. The molecule has 5 heteroatoms. The van der Waals surface area contributed by atoms with Gasteiger partial charge in [-0.25, -0.2) is 0 Å². The van der Waals surface area contributed by atoms with Crippen molar-refractivity contribution in [1.29, 1.82) is 0 Å². The summed E-state index contributed by atoms with van der Waals surface area (Å²) >= 11 is 0. The minimum atomic E-state index is -4.44. The zero-order valence-electron chi connectivity index (χ0n) is 9.01. The van der Waals surface area contributed by atoms with Crippen molar-refractivity contribution in [2.75, 3.05) is 0 Å². The molecule has 1 unspecified atom stereocenters. The van der Waals surface area contributed by atoms with Crippen LogP contribution in [-0.4, -0.2) is 4.57 Å². The fourth-order valence-electron chi connectivity index (χ4n) is 1.35. The first-order valence-electron chi connectivity index (χ1n) is 4.67. The Kier molecular flexibility index (Phi) is 3.26. The van der Waals surface area contributed by atoms with Gasteiger partial charge in [0.2, 0.25) is 0 Å². The number of rotatable bonds is 2. The molecule has 0 aliphatic rings. The average Bonchev–Trinajstić information content (AvgIpc) is 2.19. The Morgan fingerprint density at radius 2 is 2.06 bits per heavy atom. The molecule has 16 heavy (non-hydrogen) atoms. The van der Waals surface area contributed by atoms with E-state index < -0.39 is 23.2 Å². The van der Waals surface area contributed by atoms with Gasteiger partial charge in [-0.1, -0.05) is 13.0 Å². The molecule has 1 heterocycles. The lowest BCUT2D eigenvalue weighted by Gasteiger charge is -2.13. The molecule has 2 nitrogen and oxygen atoms in total. The van der Waals surface area contributed by atoms with E-state index in [4.69, 9.17) is 0 Å². The normalized spacial score (nSPS) is 13.6. The average molecular weight is 231 g/mol. The number of halogens is 3. The molecule has 0 bridgehead atoms. The molecule has 1 aromatic heterocycles. The number of aryl methyl sites for hydroxylation is 1. The Morgan fingerprint density at radius 3 is 2.50 bits per heavy atom. The van der Waals surface area contributed by atoms with Crippen LogP contribution < -0.4 is 5.56 Å². The summed E-state index contributed by atoms with van der Waals surface area (Å²) in [4.78, 5) is 11.6. The van der Waals surface area contributed by atoms with Crippen LogP contribution in [0.25, 0.3) is 0 Å². The van der Waals surface area contributed by atoms with Crippen molar-refractivity contribution >= 4 is 0 Å². The molecular formula is C11H12F3NO. The van der Waals surface area contributed by atoms with Crippen LogP contribution in [0, 0.1) is 0 Å². The number of alkyl halides is 3. The van der Waals surface area contributed by atoms with Crippen molar-refractivity contribution in [3.05, 3.63) is 46.4 Å². The van der Waals surface area contributed by atoms with Gasteiger partial charge < -0.3 is 4.57 Å². The van der Waals surface area contributed by atoms with E-state index >= 15 is 0 Å². The van der Waals surface area contributed by atoms with Crippen LogP contribution >= 0.6 is 0 Å². The van der Waals surface area contributed by atoms with Gasteiger partial charge in [-0.3, -0.25) is 4.79 Å². The highest BCUT2D eigenvalue weighted by Gasteiger charge is 2.32. The van der Waals surface area contributed by atoms with Gasteiger partial charge in [-0.2, -0.15) is 13.2 Å². The molecule has 1 atom stereocenters. The molecule has 1 rings (SSSR count). The molecule has 0 aliphatic carbocycles. The highest BCUT2D eigenvalue weighted by Crippen LogP contribution is 2.29. The molecule has 0 aromatic carbocycles. The van der Waals surface area contributed by atoms with Crippen molar-refractivity contribution in [3.8, 4) is 0 Å². The second-order valence-electron chi connectivity index (χ2n) is 3.62. The van der Waals surface area contributed by atoms with Gasteiger partial charge in [-0.05, 0) is 6.07 Å². The van der Waals surface area contributed by atoms with Gasteiger partial charge in [0, 0.05) is 24.7 Å². The molecule has 0 radical (unpaired) electrons. The van der Waals surface area contributed by atoms with Gasteiger partial charge in [-0.15, -0.1) is 6.58 Å². The minimum Gasteiger partial charge on any atom is -0.318 e. The first kappa shape index (κ1) is 12.5. The summed E-state index contributed by atoms with van der Waals surface area (Å²) in [6.45, 7) is 5.10. The lowest BCUT2D eigenvalue weighted by Crippen LogP contribution is -2.24. The first-order chi connectivity index (χ1) is 7.27. The summed E-state index contributed by atoms with van der Waals surface area (Å²) in [7, 11) is 1.30. The minimum absolute atomic E-state index is 0.104. The molecule has 0 fully saturated rings. The molecule has 0 saturated heterocycles. The van der Waals surface area contributed by atoms with E-state index in [0.717, 1.165) is 16.8 Å². The summed E-state index contributed by atoms with van der Waals surface area (Å²) < 4.78 is 38.5. The van der Waals surface area contributed by atoms with Crippen molar-refractivity contribution in [1.82, 2.24) is 4.57 Å². The van der Waals surface area contributed by atoms with Crippen LogP contribution in [0.1, 0.15) is 24.0 Å². The van der Waals surface area contributed by atoms with Crippen LogP contribution in [0.5, 0.6) is 0 Å². The van der Waals surface area contributed by atoms with E-state index in [9.17, 15) is 18.0 Å². The quantitative estimate of drug-likeness (QED) is 0.717. The summed E-state index contributed by atoms with van der Waals surface area (Å²) in [5, 5.41) is 0. The SMILES string of the molecule is C=CC(C)c1cc(C(F)(F)F)cn(C)c1=O. The summed E-state index contributed by atoms with van der Waals surface area (Å²) in [5.41, 5.74) is -1.15. The third-order valence-corrected chi connectivity index (χ3v) is 2.38. The molecule has 0 saturated carbocycles. The Morgan fingerprint density at radius 1 is 1.50 bits per heavy atom. The predicted molar refractivity (Wildman–Crippen MR) is 55.3 cm³/mol. The van der Waals surface area contributed by atoms with Crippen LogP contribution in [0.2, 0.25) is 0 Å². The number of pyridine rings is 1. The molecule has 0 aliphatic heterocycles. The van der Waals surface area contributed by atoms with E-state index in [-0.39, 0.29) is 5.56 Å². The van der Waals surface area contributed by atoms with Crippen molar-refractivity contribution in [3.63, 3.8) is 0 Å². The Balaban J connectivity index is 3.45. The van der Waals surface area contributed by atoms with Gasteiger partial charge >= 0.3 is 6.18 Å². The number of aromatic nitrogens is 1. The van der Waals surface area contributed by atoms with Crippen molar-refractivity contribution < 1.29 is 13.2 Å².